The van der Waals surface area contributed by atoms with Gasteiger partial charge < -0.3 is 19.1 Å². The maximum Gasteiger partial charge on any atom is 0.339 e. The number of rotatable bonds is 9. The van der Waals surface area contributed by atoms with Crippen LogP contribution in [0.3, 0.4) is 0 Å². The maximum atomic E-state index is 13.2. The minimum absolute atomic E-state index is 0.0299. The normalized spacial score (nSPS) is 12.0. The minimum Gasteiger partial charge on any atom is -0.493 e. The fraction of sp³-hybridized carbons (Fsp3) is 0.269. The van der Waals surface area contributed by atoms with Gasteiger partial charge in [0.25, 0.3) is 0 Å². The number of urea groups is 1. The SMILES string of the molecule is CCC(C)N(Cc1ccc(OC)c(OS(=O)(=O)c2ccc(F)cc2)c1)C(=O)Nc1ccccc1C. The lowest BCUT2D eigenvalue weighted by atomic mass is 10.1. The predicted molar refractivity (Wildman–Crippen MR) is 133 cm³/mol. The topological polar surface area (TPSA) is 84.9 Å². The van der Waals surface area contributed by atoms with Crippen LogP contribution in [-0.2, 0) is 16.7 Å². The van der Waals surface area contributed by atoms with E-state index in [1.807, 2.05) is 45.0 Å². The number of anilines is 1. The molecule has 0 spiro atoms. The molecule has 186 valence electrons. The van der Waals surface area contributed by atoms with Gasteiger partial charge in [0.15, 0.2) is 11.5 Å². The number of hydrogen-bond donors (Lipinski definition) is 1. The van der Waals surface area contributed by atoms with Crippen LogP contribution in [0.4, 0.5) is 14.9 Å². The molecule has 0 radical (unpaired) electrons. The summed E-state index contributed by atoms with van der Waals surface area (Å²) in [6, 6.07) is 16.3. The summed E-state index contributed by atoms with van der Waals surface area (Å²) in [6.07, 6.45) is 0.722. The lowest BCUT2D eigenvalue weighted by molar-refractivity contribution is 0.187. The summed E-state index contributed by atoms with van der Waals surface area (Å²) in [4.78, 5) is 14.6. The highest BCUT2D eigenvalue weighted by Crippen LogP contribution is 2.32. The molecule has 0 heterocycles. The van der Waals surface area contributed by atoms with E-state index in [1.54, 1.807) is 17.0 Å². The van der Waals surface area contributed by atoms with Crippen LogP contribution in [0.15, 0.2) is 71.6 Å². The van der Waals surface area contributed by atoms with Gasteiger partial charge in [-0.2, -0.15) is 8.42 Å². The van der Waals surface area contributed by atoms with Gasteiger partial charge in [-0.1, -0.05) is 31.2 Å². The number of nitrogens with one attached hydrogen (secondary N) is 1. The number of ether oxygens (including phenoxy) is 1. The molecule has 35 heavy (non-hydrogen) atoms. The summed E-state index contributed by atoms with van der Waals surface area (Å²) < 4.78 is 49.3. The third-order valence-corrected chi connectivity index (χ3v) is 6.90. The van der Waals surface area contributed by atoms with Crippen molar-refractivity contribution in [3.8, 4) is 11.5 Å². The molecule has 0 aliphatic heterocycles. The largest absolute Gasteiger partial charge is 0.493 e. The molecule has 3 aromatic carbocycles. The van der Waals surface area contributed by atoms with E-state index >= 15 is 0 Å². The molecule has 0 aliphatic carbocycles. The first kappa shape index (κ1) is 26.0. The Kier molecular flexibility index (Phi) is 8.34. The Labute approximate surface area is 205 Å². The van der Waals surface area contributed by atoms with Crippen LogP contribution in [-0.4, -0.2) is 32.5 Å². The molecule has 7 nitrogen and oxygen atoms in total. The average molecular weight is 501 g/mol. The van der Waals surface area contributed by atoms with E-state index in [2.05, 4.69) is 5.32 Å². The molecule has 1 N–H and O–H groups in total. The first-order chi connectivity index (χ1) is 16.6. The lowest BCUT2D eigenvalue weighted by Gasteiger charge is -2.29. The van der Waals surface area contributed by atoms with E-state index in [4.69, 9.17) is 8.92 Å². The second-order valence-electron chi connectivity index (χ2n) is 8.11. The first-order valence-electron chi connectivity index (χ1n) is 11.1. The summed E-state index contributed by atoms with van der Waals surface area (Å²) in [6.45, 7) is 6.05. The van der Waals surface area contributed by atoms with Crippen LogP contribution in [0.2, 0.25) is 0 Å². The van der Waals surface area contributed by atoms with Crippen molar-refractivity contribution in [3.63, 3.8) is 0 Å². The highest BCUT2D eigenvalue weighted by Gasteiger charge is 2.23. The van der Waals surface area contributed by atoms with Crippen molar-refractivity contribution in [2.24, 2.45) is 0 Å². The van der Waals surface area contributed by atoms with Gasteiger partial charge in [0.1, 0.15) is 10.7 Å². The molecular formula is C26H29FN2O5S. The molecule has 0 saturated heterocycles. The second-order valence-corrected chi connectivity index (χ2v) is 9.65. The zero-order valence-electron chi connectivity index (χ0n) is 20.1. The van der Waals surface area contributed by atoms with E-state index in [0.29, 0.717) is 5.56 Å². The third kappa shape index (κ3) is 6.51. The molecule has 9 heteroatoms. The van der Waals surface area contributed by atoms with Gasteiger partial charge in [-0.15, -0.1) is 0 Å². The highest BCUT2D eigenvalue weighted by atomic mass is 32.2. The summed E-state index contributed by atoms with van der Waals surface area (Å²) in [5.74, 6) is -0.380. The van der Waals surface area contributed by atoms with Crippen LogP contribution < -0.4 is 14.2 Å². The Morgan fingerprint density at radius 2 is 1.74 bits per heavy atom. The Morgan fingerprint density at radius 1 is 1.06 bits per heavy atom. The fourth-order valence-electron chi connectivity index (χ4n) is 3.40. The third-order valence-electron chi connectivity index (χ3n) is 5.65. The summed E-state index contributed by atoms with van der Waals surface area (Å²) >= 11 is 0. The van der Waals surface area contributed by atoms with Crippen molar-refractivity contribution in [1.29, 1.82) is 0 Å². The van der Waals surface area contributed by atoms with Gasteiger partial charge in [-0.05, 0) is 73.9 Å². The number of para-hydroxylation sites is 1. The molecular weight excluding hydrogens is 471 g/mol. The van der Waals surface area contributed by atoms with Gasteiger partial charge in [-0.25, -0.2) is 9.18 Å². The molecule has 0 bridgehead atoms. The van der Waals surface area contributed by atoms with Gasteiger partial charge in [-0.3, -0.25) is 0 Å². The molecule has 0 aromatic heterocycles. The van der Waals surface area contributed by atoms with Gasteiger partial charge in [0, 0.05) is 18.3 Å². The number of halogens is 1. The number of benzene rings is 3. The van der Waals surface area contributed by atoms with E-state index in [9.17, 15) is 17.6 Å². The number of nitrogens with zero attached hydrogens (tertiary/aromatic N) is 1. The zero-order valence-corrected chi connectivity index (χ0v) is 20.9. The van der Waals surface area contributed by atoms with Crippen molar-refractivity contribution in [3.05, 3.63) is 83.7 Å². The molecule has 1 atom stereocenters. The summed E-state index contributed by atoms with van der Waals surface area (Å²) in [5, 5.41) is 2.95. The van der Waals surface area contributed by atoms with E-state index < -0.39 is 15.9 Å². The van der Waals surface area contributed by atoms with Crippen molar-refractivity contribution >= 4 is 21.8 Å². The van der Waals surface area contributed by atoms with Gasteiger partial charge in [0.2, 0.25) is 0 Å². The van der Waals surface area contributed by atoms with E-state index in [-0.39, 0.29) is 35.0 Å². The van der Waals surface area contributed by atoms with Crippen molar-refractivity contribution in [1.82, 2.24) is 4.90 Å². The summed E-state index contributed by atoms with van der Waals surface area (Å²) in [5.41, 5.74) is 2.31. The molecule has 3 rings (SSSR count). The Bertz CT molecular complexity index is 1280. The van der Waals surface area contributed by atoms with Crippen LogP contribution in [0.5, 0.6) is 11.5 Å². The molecule has 0 aliphatic rings. The van der Waals surface area contributed by atoms with Crippen LogP contribution in [0.1, 0.15) is 31.4 Å². The Hall–Kier alpha value is -3.59. The number of methoxy groups -OCH3 is 1. The number of carbonyl (C=O) groups is 1. The predicted octanol–water partition coefficient (Wildman–Crippen LogP) is 5.74. The molecule has 2 amide bonds. The fourth-order valence-corrected chi connectivity index (χ4v) is 4.33. The van der Waals surface area contributed by atoms with E-state index in [1.165, 1.54) is 13.2 Å². The summed E-state index contributed by atoms with van der Waals surface area (Å²) in [7, 11) is -2.83. The Balaban J connectivity index is 1.87. The quantitative estimate of drug-likeness (QED) is 0.379. The Morgan fingerprint density at radius 3 is 2.37 bits per heavy atom. The molecule has 3 aromatic rings. The van der Waals surface area contributed by atoms with Crippen LogP contribution in [0.25, 0.3) is 0 Å². The van der Waals surface area contributed by atoms with Crippen molar-refractivity contribution < 1.29 is 26.5 Å². The number of hydrogen-bond acceptors (Lipinski definition) is 5. The number of amides is 2. The average Bonchev–Trinajstić information content (AvgIpc) is 2.83. The standard InChI is InChI=1S/C26H29FN2O5S/c1-5-19(3)29(26(30)28-23-9-7-6-8-18(23)2)17-20-10-15-24(33-4)25(16-20)34-35(31,32)22-13-11-21(27)12-14-22/h6-16,19H,5,17H2,1-4H3,(H,28,30). The zero-order chi connectivity index (χ0) is 25.6. The van der Waals surface area contributed by atoms with Crippen molar-refractivity contribution in [2.75, 3.05) is 12.4 Å². The van der Waals surface area contributed by atoms with Gasteiger partial charge in [0.05, 0.1) is 7.11 Å². The molecule has 0 fully saturated rings. The van der Waals surface area contributed by atoms with E-state index in [0.717, 1.165) is 41.9 Å². The highest BCUT2D eigenvalue weighted by molar-refractivity contribution is 7.87. The maximum absolute atomic E-state index is 13.2. The number of carbonyl (C=O) groups excluding carboxylic acids is 1. The van der Waals surface area contributed by atoms with Gasteiger partial charge >= 0.3 is 16.1 Å². The van der Waals surface area contributed by atoms with Crippen molar-refractivity contribution in [2.45, 2.75) is 44.7 Å². The molecule has 1 unspecified atom stereocenters. The second kappa shape index (κ2) is 11.2. The number of aryl methyl sites for hydroxylation is 1. The minimum atomic E-state index is -4.23. The smallest absolute Gasteiger partial charge is 0.339 e. The lowest BCUT2D eigenvalue weighted by Crippen LogP contribution is -2.40. The monoisotopic (exact) mass is 500 g/mol. The van der Waals surface area contributed by atoms with Crippen LogP contribution in [0, 0.1) is 12.7 Å². The first-order valence-corrected chi connectivity index (χ1v) is 12.6. The molecule has 0 saturated carbocycles. The van der Waals surface area contributed by atoms with Crippen LogP contribution >= 0.6 is 0 Å².